The third-order valence-electron chi connectivity index (χ3n) is 1.18. The van der Waals surface area contributed by atoms with Crippen molar-refractivity contribution in [2.24, 2.45) is 0 Å². The van der Waals surface area contributed by atoms with E-state index in [9.17, 15) is 10.0 Å². The molecule has 1 N–H and O–H groups in total. The fraction of sp³-hybridized carbons (Fsp3) is 0.400. The molecule has 12 heavy (non-hydrogen) atoms. The van der Waals surface area contributed by atoms with E-state index in [0.29, 0.717) is 0 Å². The van der Waals surface area contributed by atoms with Crippen molar-refractivity contribution in [2.45, 2.75) is 6.92 Å². The van der Waals surface area contributed by atoms with Crippen LogP contribution in [0.15, 0.2) is 4.63 Å². The Bertz CT molecular complexity index is 275. The molecule has 0 aliphatic rings. The maximum atomic E-state index is 10.7. The van der Waals surface area contributed by atoms with Crippen LogP contribution in [0.1, 0.15) is 5.69 Å². The Morgan fingerprint density at radius 1 is 1.83 bits per heavy atom. The van der Waals surface area contributed by atoms with E-state index >= 15 is 0 Å². The lowest BCUT2D eigenvalue weighted by atomic mass is 10.5. The van der Waals surface area contributed by atoms with E-state index in [1.165, 1.54) is 14.0 Å². The lowest BCUT2D eigenvalue weighted by molar-refractivity contribution is -0.790. The minimum absolute atomic E-state index is 0.0677. The van der Waals surface area contributed by atoms with Crippen molar-refractivity contribution in [3.05, 3.63) is 10.9 Å². The standard InChI is InChI=1S/C5H7N3O4/c1-3-4(6-5(9)11-2)8(10)12-7-3/h1-2H3,(H,6,9). The van der Waals surface area contributed by atoms with Gasteiger partial charge in [-0.2, -0.15) is 0 Å². The van der Waals surface area contributed by atoms with Crippen LogP contribution in [0.2, 0.25) is 0 Å². The number of amides is 1. The van der Waals surface area contributed by atoms with Crippen LogP contribution < -0.4 is 10.2 Å². The van der Waals surface area contributed by atoms with E-state index in [4.69, 9.17) is 0 Å². The quantitative estimate of drug-likeness (QED) is 0.593. The Labute approximate surface area is 67.4 Å². The molecule has 0 radical (unpaired) electrons. The second kappa shape index (κ2) is 3.07. The summed E-state index contributed by atoms with van der Waals surface area (Å²) in [6.07, 6.45) is -0.745. The van der Waals surface area contributed by atoms with Crippen molar-refractivity contribution < 1.29 is 19.1 Å². The molecule has 7 heteroatoms. The monoisotopic (exact) mass is 173 g/mol. The number of nitrogens with zero attached hydrogens (tertiary/aromatic N) is 2. The Morgan fingerprint density at radius 2 is 2.50 bits per heavy atom. The number of nitrogens with one attached hydrogen (secondary N) is 1. The number of anilines is 1. The van der Waals surface area contributed by atoms with Gasteiger partial charge >= 0.3 is 11.9 Å². The molecule has 0 aromatic carbocycles. The summed E-state index contributed by atoms with van der Waals surface area (Å²) in [5.41, 5.74) is 0.287. The van der Waals surface area contributed by atoms with Crippen LogP contribution in [-0.2, 0) is 4.74 Å². The number of aromatic nitrogens is 2. The van der Waals surface area contributed by atoms with Crippen molar-refractivity contribution in [3.8, 4) is 0 Å². The summed E-state index contributed by atoms with van der Waals surface area (Å²) in [6, 6.07) is 0. The molecule has 0 atom stereocenters. The molecule has 66 valence electrons. The molecule has 1 aromatic rings. The smallest absolute Gasteiger partial charge is 0.441 e. The van der Waals surface area contributed by atoms with Crippen LogP contribution in [0.25, 0.3) is 0 Å². The fourth-order valence-electron chi connectivity index (χ4n) is 0.598. The lowest BCUT2D eigenvalue weighted by Gasteiger charge is -1.96. The largest absolute Gasteiger partial charge is 0.473 e. The first-order chi connectivity index (χ1) is 5.65. The summed E-state index contributed by atoms with van der Waals surface area (Å²) < 4.78 is 8.44. The molecule has 0 saturated carbocycles. The van der Waals surface area contributed by atoms with Gasteiger partial charge in [0.15, 0.2) is 0 Å². The molecule has 0 spiro atoms. The van der Waals surface area contributed by atoms with E-state index in [1.54, 1.807) is 0 Å². The van der Waals surface area contributed by atoms with Crippen molar-refractivity contribution in [2.75, 3.05) is 12.4 Å². The molecule has 0 aliphatic carbocycles. The molecule has 7 nitrogen and oxygen atoms in total. The van der Waals surface area contributed by atoms with E-state index in [0.717, 1.165) is 0 Å². The fourth-order valence-corrected chi connectivity index (χ4v) is 0.598. The highest BCUT2D eigenvalue weighted by Crippen LogP contribution is 2.04. The normalized spacial score (nSPS) is 9.50. The highest BCUT2D eigenvalue weighted by Gasteiger charge is 2.17. The van der Waals surface area contributed by atoms with Gasteiger partial charge in [0.1, 0.15) is 0 Å². The molecule has 0 aliphatic heterocycles. The maximum Gasteiger partial charge on any atom is 0.473 e. The molecular formula is C5H7N3O4. The summed E-state index contributed by atoms with van der Waals surface area (Å²) in [4.78, 5) is 10.7. The first-order valence-corrected chi connectivity index (χ1v) is 3.06. The van der Waals surface area contributed by atoms with Gasteiger partial charge in [0.25, 0.3) is 0 Å². The van der Waals surface area contributed by atoms with Gasteiger partial charge in [0.2, 0.25) is 5.69 Å². The third kappa shape index (κ3) is 1.44. The van der Waals surface area contributed by atoms with Gasteiger partial charge in [-0.25, -0.2) is 10.1 Å². The van der Waals surface area contributed by atoms with E-state index in [-0.39, 0.29) is 16.4 Å². The first kappa shape index (κ1) is 8.31. The first-order valence-electron chi connectivity index (χ1n) is 3.06. The number of ether oxygens (including phenoxy) is 1. The van der Waals surface area contributed by atoms with Gasteiger partial charge in [-0.3, -0.25) is 0 Å². The summed E-state index contributed by atoms with van der Waals surface area (Å²) in [5.74, 6) is -0.0677. The topological polar surface area (TPSA) is 91.3 Å². The molecule has 1 amide bonds. The third-order valence-corrected chi connectivity index (χ3v) is 1.18. The maximum absolute atomic E-state index is 10.7. The molecule has 1 rings (SSSR count). The second-order valence-corrected chi connectivity index (χ2v) is 1.98. The molecule has 1 heterocycles. The lowest BCUT2D eigenvalue weighted by Crippen LogP contribution is -2.30. The van der Waals surface area contributed by atoms with Crippen molar-refractivity contribution >= 4 is 11.9 Å². The van der Waals surface area contributed by atoms with Crippen molar-refractivity contribution in [1.82, 2.24) is 5.16 Å². The van der Waals surface area contributed by atoms with Crippen molar-refractivity contribution in [3.63, 3.8) is 0 Å². The number of hydrogen-bond donors (Lipinski definition) is 1. The van der Waals surface area contributed by atoms with Gasteiger partial charge < -0.3 is 14.6 Å². The number of carbonyl (C=O) groups is 1. The number of aryl methyl sites for hydroxylation is 1. The Balaban J connectivity index is 2.80. The number of rotatable bonds is 1. The number of carbonyl (C=O) groups excluding carboxylic acids is 1. The zero-order chi connectivity index (χ0) is 9.14. The van der Waals surface area contributed by atoms with Crippen molar-refractivity contribution in [1.29, 1.82) is 0 Å². The summed E-state index contributed by atoms with van der Waals surface area (Å²) >= 11 is 0. The Morgan fingerprint density at radius 3 is 2.92 bits per heavy atom. The minimum atomic E-state index is -0.745. The predicted octanol–water partition coefficient (Wildman–Crippen LogP) is -0.205. The van der Waals surface area contributed by atoms with Crippen LogP contribution in [0.3, 0.4) is 0 Å². The SMILES string of the molecule is COC(=O)Nc1c(C)no[n+]1[O-]. The van der Waals surface area contributed by atoms with E-state index in [1.807, 2.05) is 0 Å². The predicted molar refractivity (Wildman–Crippen MR) is 36.2 cm³/mol. The van der Waals surface area contributed by atoms with Crippen LogP contribution >= 0.6 is 0 Å². The molecule has 0 fully saturated rings. The highest BCUT2D eigenvalue weighted by molar-refractivity contribution is 5.82. The molecule has 0 saturated heterocycles. The van der Waals surface area contributed by atoms with Crippen LogP contribution in [0.5, 0.6) is 0 Å². The van der Waals surface area contributed by atoms with Gasteiger partial charge in [-0.1, -0.05) is 4.90 Å². The van der Waals surface area contributed by atoms with Crippen LogP contribution in [0.4, 0.5) is 10.6 Å². The minimum Gasteiger partial charge on any atom is -0.441 e. The van der Waals surface area contributed by atoms with Gasteiger partial charge in [0, 0.05) is 6.92 Å². The molecule has 1 aromatic heterocycles. The van der Waals surface area contributed by atoms with E-state index in [2.05, 4.69) is 19.8 Å². The Hall–Kier alpha value is -1.79. The average Bonchev–Trinajstić information content (AvgIpc) is 2.35. The second-order valence-electron chi connectivity index (χ2n) is 1.98. The Kier molecular flexibility index (Phi) is 2.13. The van der Waals surface area contributed by atoms with Gasteiger partial charge in [-0.05, 0) is 5.16 Å². The van der Waals surface area contributed by atoms with Gasteiger partial charge in [0.05, 0.1) is 7.11 Å². The molecule has 0 unspecified atom stereocenters. The zero-order valence-electron chi connectivity index (χ0n) is 6.53. The summed E-state index contributed by atoms with van der Waals surface area (Å²) in [7, 11) is 1.19. The number of methoxy groups -OCH3 is 1. The van der Waals surface area contributed by atoms with Crippen LogP contribution in [0, 0.1) is 12.1 Å². The number of hydrogen-bond acceptors (Lipinski definition) is 5. The highest BCUT2D eigenvalue weighted by atomic mass is 16.8. The average molecular weight is 173 g/mol. The zero-order valence-corrected chi connectivity index (χ0v) is 6.53. The molecule has 0 bridgehead atoms. The summed E-state index contributed by atoms with van der Waals surface area (Å²) in [5, 5.41) is 16.2. The van der Waals surface area contributed by atoms with Gasteiger partial charge in [-0.15, -0.1) is 0 Å². The van der Waals surface area contributed by atoms with Crippen LogP contribution in [-0.4, -0.2) is 18.4 Å². The van der Waals surface area contributed by atoms with E-state index < -0.39 is 6.09 Å². The molecular weight excluding hydrogens is 166 g/mol. The summed E-state index contributed by atoms with van der Waals surface area (Å²) in [6.45, 7) is 1.52.